The van der Waals surface area contributed by atoms with Gasteiger partial charge >= 0.3 is 0 Å². The lowest BCUT2D eigenvalue weighted by atomic mass is 10.1. The zero-order chi connectivity index (χ0) is 14.7. The number of carbonyl (C=O) groups excluding carboxylic acids is 1. The topological polar surface area (TPSA) is 46.9 Å². The summed E-state index contributed by atoms with van der Waals surface area (Å²) in [4.78, 5) is 12.2. The zero-order valence-electron chi connectivity index (χ0n) is 11.6. The molecule has 0 bridgehead atoms. The number of hydrogen-bond acceptors (Lipinski definition) is 2. The molecular formula is C17H14N3O. The fourth-order valence-corrected chi connectivity index (χ4v) is 2.01. The number of amides is 1. The van der Waals surface area contributed by atoms with Crippen LogP contribution in [0.3, 0.4) is 0 Å². The summed E-state index contributed by atoms with van der Waals surface area (Å²) in [5.41, 5.74) is 2.60. The minimum absolute atomic E-state index is 0.177. The Hall–Kier alpha value is -2.88. The number of carbonyl (C=O) groups is 1. The molecule has 0 atom stereocenters. The smallest absolute Gasteiger partial charge is 0.256 e. The van der Waals surface area contributed by atoms with Crippen LogP contribution in [0.4, 0.5) is 5.82 Å². The van der Waals surface area contributed by atoms with Crippen molar-refractivity contribution in [3.63, 3.8) is 0 Å². The van der Waals surface area contributed by atoms with Gasteiger partial charge in [0.05, 0.1) is 18.0 Å². The Morgan fingerprint density at radius 1 is 1.10 bits per heavy atom. The van der Waals surface area contributed by atoms with Gasteiger partial charge in [-0.3, -0.25) is 4.79 Å². The van der Waals surface area contributed by atoms with Crippen molar-refractivity contribution < 1.29 is 4.79 Å². The Morgan fingerprint density at radius 2 is 1.81 bits per heavy atom. The van der Waals surface area contributed by atoms with Crippen molar-refractivity contribution in [1.29, 1.82) is 0 Å². The van der Waals surface area contributed by atoms with Crippen molar-refractivity contribution in [3.05, 3.63) is 78.0 Å². The molecule has 4 nitrogen and oxygen atoms in total. The number of aryl methyl sites for hydroxylation is 1. The lowest BCUT2D eigenvalue weighted by Gasteiger charge is -2.08. The van der Waals surface area contributed by atoms with Crippen LogP contribution in [-0.2, 0) is 0 Å². The van der Waals surface area contributed by atoms with E-state index in [9.17, 15) is 4.79 Å². The number of nitrogens with one attached hydrogen (secondary N) is 1. The number of para-hydroxylation sites is 1. The largest absolute Gasteiger partial charge is 0.306 e. The first kappa shape index (κ1) is 13.1. The monoisotopic (exact) mass is 276 g/mol. The minimum Gasteiger partial charge on any atom is -0.306 e. The molecule has 0 saturated heterocycles. The van der Waals surface area contributed by atoms with Gasteiger partial charge in [0.1, 0.15) is 5.82 Å². The van der Waals surface area contributed by atoms with Crippen LogP contribution >= 0.6 is 0 Å². The van der Waals surface area contributed by atoms with Gasteiger partial charge in [-0.15, -0.1) is 0 Å². The van der Waals surface area contributed by atoms with Gasteiger partial charge < -0.3 is 5.32 Å². The lowest BCUT2D eigenvalue weighted by molar-refractivity contribution is 0.102. The first-order valence-corrected chi connectivity index (χ1v) is 6.63. The summed E-state index contributed by atoms with van der Waals surface area (Å²) < 4.78 is 1.64. The molecule has 0 saturated carbocycles. The van der Waals surface area contributed by atoms with Crippen LogP contribution in [0.2, 0.25) is 0 Å². The van der Waals surface area contributed by atoms with E-state index in [4.69, 9.17) is 0 Å². The average Bonchev–Trinajstić information content (AvgIpc) is 2.97. The Balaban J connectivity index is 1.85. The SMILES string of the molecule is Cc1ccc(C(=O)Nc2[c]cnn2-c2ccccc2)cc1. The molecule has 3 aromatic rings. The van der Waals surface area contributed by atoms with E-state index in [2.05, 4.69) is 16.5 Å². The van der Waals surface area contributed by atoms with Gasteiger partial charge in [0.15, 0.2) is 0 Å². The molecule has 3 rings (SSSR count). The van der Waals surface area contributed by atoms with Crippen LogP contribution in [0.5, 0.6) is 0 Å². The third-order valence-electron chi connectivity index (χ3n) is 3.13. The highest BCUT2D eigenvalue weighted by atomic mass is 16.1. The second-order valence-corrected chi connectivity index (χ2v) is 4.71. The number of rotatable bonds is 3. The van der Waals surface area contributed by atoms with E-state index in [1.165, 1.54) is 6.20 Å². The molecule has 0 aliphatic rings. The van der Waals surface area contributed by atoms with E-state index in [1.807, 2.05) is 49.4 Å². The third kappa shape index (κ3) is 2.84. The van der Waals surface area contributed by atoms with Crippen molar-refractivity contribution in [2.45, 2.75) is 6.92 Å². The Bertz CT molecular complexity index is 745. The van der Waals surface area contributed by atoms with Crippen LogP contribution in [0.1, 0.15) is 15.9 Å². The third-order valence-corrected chi connectivity index (χ3v) is 3.13. The molecular weight excluding hydrogens is 262 g/mol. The molecule has 1 amide bonds. The van der Waals surface area contributed by atoms with Gasteiger partial charge in [0.25, 0.3) is 5.91 Å². The molecule has 0 aliphatic carbocycles. The van der Waals surface area contributed by atoms with Crippen molar-refractivity contribution in [2.75, 3.05) is 5.32 Å². The normalized spacial score (nSPS) is 10.3. The Labute approximate surface area is 123 Å². The van der Waals surface area contributed by atoms with E-state index < -0.39 is 0 Å². The van der Waals surface area contributed by atoms with Crippen LogP contribution < -0.4 is 5.32 Å². The Morgan fingerprint density at radius 3 is 2.52 bits per heavy atom. The molecule has 4 heteroatoms. The van der Waals surface area contributed by atoms with E-state index in [-0.39, 0.29) is 5.91 Å². The maximum atomic E-state index is 12.2. The minimum atomic E-state index is -0.177. The number of nitrogens with zero attached hydrogens (tertiary/aromatic N) is 2. The van der Waals surface area contributed by atoms with Gasteiger partial charge in [-0.2, -0.15) is 5.10 Å². The van der Waals surface area contributed by atoms with Crippen molar-refractivity contribution in [1.82, 2.24) is 9.78 Å². The summed E-state index contributed by atoms with van der Waals surface area (Å²) in [5, 5.41) is 7.02. The number of hydrogen-bond donors (Lipinski definition) is 1. The predicted octanol–water partition coefficient (Wildman–Crippen LogP) is 3.23. The highest BCUT2D eigenvalue weighted by Gasteiger charge is 2.10. The van der Waals surface area contributed by atoms with Crippen molar-refractivity contribution >= 4 is 11.7 Å². The van der Waals surface area contributed by atoms with Crippen LogP contribution in [0.25, 0.3) is 5.69 Å². The van der Waals surface area contributed by atoms with E-state index in [0.717, 1.165) is 11.3 Å². The van der Waals surface area contributed by atoms with Gasteiger partial charge in [0.2, 0.25) is 0 Å². The van der Waals surface area contributed by atoms with E-state index >= 15 is 0 Å². The highest BCUT2D eigenvalue weighted by Crippen LogP contribution is 2.15. The quantitative estimate of drug-likeness (QED) is 0.798. The van der Waals surface area contributed by atoms with E-state index in [0.29, 0.717) is 11.4 Å². The van der Waals surface area contributed by atoms with Crippen molar-refractivity contribution in [3.8, 4) is 5.69 Å². The number of benzene rings is 2. The van der Waals surface area contributed by atoms with Gasteiger partial charge in [0, 0.05) is 5.56 Å². The molecule has 0 aliphatic heterocycles. The summed E-state index contributed by atoms with van der Waals surface area (Å²) in [6.07, 6.45) is 1.54. The molecule has 0 spiro atoms. The molecule has 1 heterocycles. The fourth-order valence-electron chi connectivity index (χ4n) is 2.01. The number of anilines is 1. The summed E-state index contributed by atoms with van der Waals surface area (Å²) in [5.74, 6) is 0.343. The first-order valence-electron chi connectivity index (χ1n) is 6.63. The maximum Gasteiger partial charge on any atom is 0.256 e. The molecule has 21 heavy (non-hydrogen) atoms. The number of aromatic nitrogens is 2. The zero-order valence-corrected chi connectivity index (χ0v) is 11.6. The summed E-state index contributed by atoms with van der Waals surface area (Å²) in [6.45, 7) is 1.99. The summed E-state index contributed by atoms with van der Waals surface area (Å²) in [6, 6.07) is 20.0. The lowest BCUT2D eigenvalue weighted by Crippen LogP contribution is -2.15. The predicted molar refractivity (Wildman–Crippen MR) is 81.5 cm³/mol. The second-order valence-electron chi connectivity index (χ2n) is 4.71. The maximum absolute atomic E-state index is 12.2. The Kier molecular flexibility index (Phi) is 3.51. The van der Waals surface area contributed by atoms with Gasteiger partial charge in [-0.05, 0) is 31.2 Å². The molecule has 1 N–H and O–H groups in total. The molecule has 0 unspecified atom stereocenters. The highest BCUT2D eigenvalue weighted by molar-refractivity contribution is 6.03. The second kappa shape index (κ2) is 5.63. The molecule has 0 fully saturated rings. The molecule has 2 aromatic carbocycles. The molecule has 1 aromatic heterocycles. The van der Waals surface area contributed by atoms with E-state index in [1.54, 1.807) is 16.8 Å². The van der Waals surface area contributed by atoms with Crippen LogP contribution in [0.15, 0.2) is 60.8 Å². The first-order chi connectivity index (χ1) is 10.2. The molecule has 1 radical (unpaired) electrons. The summed E-state index contributed by atoms with van der Waals surface area (Å²) in [7, 11) is 0. The van der Waals surface area contributed by atoms with Crippen molar-refractivity contribution in [2.24, 2.45) is 0 Å². The van der Waals surface area contributed by atoms with Gasteiger partial charge in [-0.25, -0.2) is 4.68 Å². The fraction of sp³-hybridized carbons (Fsp3) is 0.0588. The van der Waals surface area contributed by atoms with Crippen LogP contribution in [0, 0.1) is 13.0 Å². The summed E-state index contributed by atoms with van der Waals surface area (Å²) >= 11 is 0. The molecule has 103 valence electrons. The average molecular weight is 276 g/mol. The van der Waals surface area contributed by atoms with Crippen LogP contribution in [-0.4, -0.2) is 15.7 Å². The van der Waals surface area contributed by atoms with Gasteiger partial charge in [-0.1, -0.05) is 35.9 Å². The standard InChI is InChI=1S/C17H14N3O/c1-13-7-9-14(10-8-13)17(21)19-16-11-12-18-20(16)15-5-3-2-4-6-15/h2-10,12H,1H3,(H,19,21).